The summed E-state index contributed by atoms with van der Waals surface area (Å²) >= 11 is 1.55. The van der Waals surface area contributed by atoms with Crippen molar-refractivity contribution in [2.45, 2.75) is 13.5 Å². The number of likely N-dealkylation sites (N-methyl/N-ethyl adjacent to an activating group) is 1. The molecule has 4 nitrogen and oxygen atoms in total. The van der Waals surface area contributed by atoms with Gasteiger partial charge in [-0.05, 0) is 42.6 Å². The van der Waals surface area contributed by atoms with E-state index in [1.807, 2.05) is 36.7 Å². The third-order valence-electron chi connectivity index (χ3n) is 3.40. The Morgan fingerprint density at radius 2 is 2.14 bits per heavy atom. The van der Waals surface area contributed by atoms with Crippen LogP contribution in [0.3, 0.4) is 0 Å². The molecule has 21 heavy (non-hydrogen) atoms. The zero-order valence-corrected chi connectivity index (χ0v) is 13.2. The molecule has 0 radical (unpaired) electrons. The van der Waals surface area contributed by atoms with Crippen LogP contribution in [0.25, 0.3) is 0 Å². The summed E-state index contributed by atoms with van der Waals surface area (Å²) in [5.41, 5.74) is 3.31. The van der Waals surface area contributed by atoms with Crippen molar-refractivity contribution in [3.05, 3.63) is 51.7 Å². The number of benzene rings is 1. The van der Waals surface area contributed by atoms with Crippen LogP contribution >= 0.6 is 11.3 Å². The summed E-state index contributed by atoms with van der Waals surface area (Å²) in [5.74, 6) is 0.425. The highest BCUT2D eigenvalue weighted by Gasteiger charge is 2.09. The lowest BCUT2D eigenvalue weighted by Gasteiger charge is -2.19. The molecule has 2 rings (SSSR count). The van der Waals surface area contributed by atoms with Crippen molar-refractivity contribution in [3.63, 3.8) is 0 Å². The van der Waals surface area contributed by atoms with Crippen molar-refractivity contribution in [2.24, 2.45) is 0 Å². The van der Waals surface area contributed by atoms with E-state index in [-0.39, 0.29) is 6.61 Å². The van der Waals surface area contributed by atoms with Crippen LogP contribution in [0.2, 0.25) is 0 Å². The first-order valence-corrected chi connectivity index (χ1v) is 7.77. The Hall–Kier alpha value is -1.69. The Kier molecular flexibility index (Phi) is 5.50. The van der Waals surface area contributed by atoms with Crippen LogP contribution in [0.4, 0.5) is 5.69 Å². The molecule has 2 aromatic rings. The minimum absolute atomic E-state index is 0.163. The zero-order chi connectivity index (χ0) is 15.2. The number of aliphatic hydroxyl groups is 1. The fourth-order valence-corrected chi connectivity index (χ4v) is 2.78. The molecule has 0 aliphatic rings. The van der Waals surface area contributed by atoms with Gasteiger partial charge in [0.05, 0.1) is 11.5 Å². The number of thiophene rings is 1. The molecule has 0 saturated carbocycles. The van der Waals surface area contributed by atoms with Gasteiger partial charge >= 0.3 is 0 Å². The van der Waals surface area contributed by atoms with Crippen LogP contribution < -0.4 is 5.32 Å². The Bertz CT molecular complexity index is 596. The van der Waals surface area contributed by atoms with E-state index in [2.05, 4.69) is 23.2 Å². The summed E-state index contributed by atoms with van der Waals surface area (Å²) < 4.78 is 0. The van der Waals surface area contributed by atoms with Gasteiger partial charge in [-0.1, -0.05) is 18.2 Å². The molecule has 3 N–H and O–H groups in total. The van der Waals surface area contributed by atoms with E-state index in [1.54, 1.807) is 11.3 Å². The van der Waals surface area contributed by atoms with E-state index >= 15 is 0 Å². The van der Waals surface area contributed by atoms with Crippen molar-refractivity contribution in [3.8, 4) is 0 Å². The molecule has 0 amide bonds. The number of rotatable bonds is 6. The van der Waals surface area contributed by atoms with Gasteiger partial charge in [0.1, 0.15) is 5.84 Å². The predicted octanol–water partition coefficient (Wildman–Crippen LogP) is 2.92. The van der Waals surface area contributed by atoms with Gasteiger partial charge in [0.15, 0.2) is 0 Å². The Morgan fingerprint density at radius 1 is 1.33 bits per heavy atom. The average molecular weight is 303 g/mol. The fourth-order valence-electron chi connectivity index (χ4n) is 2.15. The van der Waals surface area contributed by atoms with Crippen molar-refractivity contribution in [2.75, 3.05) is 25.5 Å². The maximum absolute atomic E-state index is 8.98. The maximum atomic E-state index is 8.98. The van der Waals surface area contributed by atoms with Crippen LogP contribution in [0.5, 0.6) is 0 Å². The zero-order valence-electron chi connectivity index (χ0n) is 12.4. The van der Waals surface area contributed by atoms with Gasteiger partial charge in [-0.15, -0.1) is 11.3 Å². The Balaban J connectivity index is 2.12. The number of hydrogen-bond donors (Lipinski definition) is 3. The number of anilines is 1. The highest BCUT2D eigenvalue weighted by molar-refractivity contribution is 7.12. The highest BCUT2D eigenvalue weighted by atomic mass is 32.1. The quantitative estimate of drug-likeness (QED) is 0.568. The largest absolute Gasteiger partial charge is 0.395 e. The minimum atomic E-state index is 0.163. The van der Waals surface area contributed by atoms with E-state index in [1.165, 1.54) is 5.56 Å². The molecule has 0 spiro atoms. The highest BCUT2D eigenvalue weighted by Crippen LogP contribution is 2.21. The number of amidine groups is 1. The van der Waals surface area contributed by atoms with Gasteiger partial charge in [-0.3, -0.25) is 10.3 Å². The fraction of sp³-hybridized carbons (Fsp3) is 0.312. The van der Waals surface area contributed by atoms with Crippen molar-refractivity contribution in [1.29, 1.82) is 5.41 Å². The monoisotopic (exact) mass is 303 g/mol. The normalized spacial score (nSPS) is 10.9. The topological polar surface area (TPSA) is 59.4 Å². The summed E-state index contributed by atoms with van der Waals surface area (Å²) in [6.07, 6.45) is 0. The second-order valence-electron chi connectivity index (χ2n) is 5.03. The lowest BCUT2D eigenvalue weighted by molar-refractivity contribution is 0.217. The van der Waals surface area contributed by atoms with Gasteiger partial charge in [-0.2, -0.15) is 0 Å². The van der Waals surface area contributed by atoms with Crippen LogP contribution in [0, 0.1) is 12.3 Å². The standard InChI is InChI=1S/C16H21N3OS/c1-12-13(11-19(2)8-9-20)5-3-6-14(12)18-16(17)15-7-4-10-21-15/h3-7,10,20H,8-9,11H2,1-2H3,(H2,17,18). The molecule has 112 valence electrons. The number of aliphatic hydroxyl groups excluding tert-OH is 1. The first kappa shape index (κ1) is 15.7. The summed E-state index contributed by atoms with van der Waals surface area (Å²) in [6.45, 7) is 3.67. The van der Waals surface area contributed by atoms with Crippen LogP contribution in [-0.2, 0) is 6.54 Å². The smallest absolute Gasteiger partial charge is 0.140 e. The van der Waals surface area contributed by atoms with Gasteiger partial charge in [0.2, 0.25) is 0 Å². The molecular weight excluding hydrogens is 282 g/mol. The molecule has 1 aromatic heterocycles. The van der Waals surface area contributed by atoms with Crippen molar-refractivity contribution < 1.29 is 5.11 Å². The van der Waals surface area contributed by atoms with E-state index in [0.717, 1.165) is 22.7 Å². The number of nitrogens with zero attached hydrogens (tertiary/aromatic N) is 1. The lowest BCUT2D eigenvalue weighted by atomic mass is 10.1. The Labute approximate surface area is 129 Å². The van der Waals surface area contributed by atoms with E-state index in [4.69, 9.17) is 10.5 Å². The molecule has 0 aliphatic heterocycles. The SMILES string of the molecule is Cc1c(CN(C)CCO)cccc1NC(=N)c1cccs1. The summed E-state index contributed by atoms with van der Waals surface area (Å²) in [7, 11) is 1.99. The number of nitrogens with one attached hydrogen (secondary N) is 2. The predicted molar refractivity (Wildman–Crippen MR) is 89.4 cm³/mol. The second-order valence-corrected chi connectivity index (χ2v) is 5.98. The second kappa shape index (κ2) is 7.36. The van der Waals surface area contributed by atoms with E-state index in [9.17, 15) is 0 Å². The van der Waals surface area contributed by atoms with Crippen LogP contribution in [0.1, 0.15) is 16.0 Å². The summed E-state index contributed by atoms with van der Waals surface area (Å²) in [6, 6.07) is 9.97. The third-order valence-corrected chi connectivity index (χ3v) is 4.28. The molecule has 0 bridgehead atoms. The molecule has 0 atom stereocenters. The molecule has 0 aliphatic carbocycles. The van der Waals surface area contributed by atoms with E-state index < -0.39 is 0 Å². The van der Waals surface area contributed by atoms with Gasteiger partial charge in [0, 0.05) is 18.8 Å². The molecular formula is C16H21N3OS. The third kappa shape index (κ3) is 4.14. The van der Waals surface area contributed by atoms with E-state index in [0.29, 0.717) is 12.4 Å². The molecule has 1 aromatic carbocycles. The first-order valence-electron chi connectivity index (χ1n) is 6.89. The molecule has 1 heterocycles. The summed E-state index contributed by atoms with van der Waals surface area (Å²) in [5, 5.41) is 22.3. The maximum Gasteiger partial charge on any atom is 0.140 e. The first-order chi connectivity index (χ1) is 10.1. The van der Waals surface area contributed by atoms with Gasteiger partial charge < -0.3 is 10.4 Å². The molecule has 0 saturated heterocycles. The van der Waals surface area contributed by atoms with Crippen molar-refractivity contribution >= 4 is 22.9 Å². The average Bonchev–Trinajstić information content (AvgIpc) is 2.97. The number of hydrogen-bond acceptors (Lipinski definition) is 4. The Morgan fingerprint density at radius 3 is 2.81 bits per heavy atom. The molecule has 0 fully saturated rings. The molecule has 5 heteroatoms. The summed E-state index contributed by atoms with van der Waals surface area (Å²) in [4.78, 5) is 3.01. The minimum Gasteiger partial charge on any atom is -0.395 e. The van der Waals surface area contributed by atoms with Gasteiger partial charge in [-0.25, -0.2) is 0 Å². The van der Waals surface area contributed by atoms with Crippen molar-refractivity contribution in [1.82, 2.24) is 4.90 Å². The van der Waals surface area contributed by atoms with Crippen LogP contribution in [0.15, 0.2) is 35.7 Å². The van der Waals surface area contributed by atoms with Crippen LogP contribution in [-0.4, -0.2) is 36.0 Å². The van der Waals surface area contributed by atoms with Gasteiger partial charge in [0.25, 0.3) is 0 Å². The molecule has 0 unspecified atom stereocenters. The lowest BCUT2D eigenvalue weighted by Crippen LogP contribution is -2.22.